The molecule has 3 fully saturated rings. The molecule has 3 saturated heterocycles. The van der Waals surface area contributed by atoms with Gasteiger partial charge in [0, 0.05) is 50.5 Å². The molecule has 0 aromatic rings. The van der Waals surface area contributed by atoms with Crippen molar-refractivity contribution < 1.29 is 14.4 Å². The summed E-state index contributed by atoms with van der Waals surface area (Å²) < 4.78 is 0. The minimum Gasteiger partial charge on any atom is -0.355 e. The number of nitrogens with zero attached hydrogens (tertiary/aromatic N) is 2. The second-order valence-electron chi connectivity index (χ2n) is 7.00. The van der Waals surface area contributed by atoms with Gasteiger partial charge in [-0.2, -0.15) is 0 Å². The van der Waals surface area contributed by atoms with E-state index in [-0.39, 0.29) is 35.1 Å². The van der Waals surface area contributed by atoms with Crippen molar-refractivity contribution in [3.63, 3.8) is 0 Å². The maximum Gasteiger partial charge on any atom is 0.228 e. The van der Waals surface area contributed by atoms with E-state index in [0.717, 1.165) is 6.42 Å². The zero-order valence-corrected chi connectivity index (χ0v) is 12.7. The Bertz CT molecular complexity index is 491. The summed E-state index contributed by atoms with van der Waals surface area (Å²) in [6.45, 7) is 6.53. The smallest absolute Gasteiger partial charge is 0.228 e. The van der Waals surface area contributed by atoms with Gasteiger partial charge in [-0.1, -0.05) is 0 Å². The summed E-state index contributed by atoms with van der Waals surface area (Å²) in [6, 6.07) is 0.150. The van der Waals surface area contributed by atoms with Crippen LogP contribution < -0.4 is 5.32 Å². The van der Waals surface area contributed by atoms with Crippen LogP contribution in [0.3, 0.4) is 0 Å². The van der Waals surface area contributed by atoms with E-state index in [1.54, 1.807) is 4.90 Å². The van der Waals surface area contributed by atoms with E-state index >= 15 is 0 Å². The van der Waals surface area contributed by atoms with Gasteiger partial charge in [-0.05, 0) is 20.3 Å². The molecule has 6 heteroatoms. The summed E-state index contributed by atoms with van der Waals surface area (Å²) >= 11 is 0. The van der Waals surface area contributed by atoms with Crippen LogP contribution in [0.25, 0.3) is 0 Å². The van der Waals surface area contributed by atoms with Crippen LogP contribution in [0.4, 0.5) is 0 Å². The molecule has 3 amide bonds. The average molecular weight is 293 g/mol. The van der Waals surface area contributed by atoms with E-state index in [9.17, 15) is 14.4 Å². The summed E-state index contributed by atoms with van der Waals surface area (Å²) in [5.74, 6) is 0.0455. The Balaban J connectivity index is 1.62. The zero-order chi connectivity index (χ0) is 15.2. The SMILES string of the molecule is CC(C)N1CC(C(=O)N2CCC3(CNC(=O)C3)C2)CC1=O. The van der Waals surface area contributed by atoms with Crippen molar-refractivity contribution in [1.29, 1.82) is 0 Å². The van der Waals surface area contributed by atoms with E-state index in [4.69, 9.17) is 0 Å². The molecule has 0 saturated carbocycles. The molecular weight excluding hydrogens is 270 g/mol. The number of hydrogen-bond donors (Lipinski definition) is 1. The maximum absolute atomic E-state index is 12.6. The summed E-state index contributed by atoms with van der Waals surface area (Å²) in [7, 11) is 0. The highest BCUT2D eigenvalue weighted by Crippen LogP contribution is 2.37. The molecule has 6 nitrogen and oxygen atoms in total. The molecule has 2 atom stereocenters. The van der Waals surface area contributed by atoms with Gasteiger partial charge in [-0.15, -0.1) is 0 Å². The summed E-state index contributed by atoms with van der Waals surface area (Å²) in [5, 5.41) is 2.87. The van der Waals surface area contributed by atoms with Gasteiger partial charge < -0.3 is 15.1 Å². The number of amides is 3. The van der Waals surface area contributed by atoms with Crippen LogP contribution in [0, 0.1) is 11.3 Å². The number of hydrogen-bond acceptors (Lipinski definition) is 3. The van der Waals surface area contributed by atoms with Crippen LogP contribution in [0.5, 0.6) is 0 Å². The summed E-state index contributed by atoms with van der Waals surface area (Å²) in [4.78, 5) is 39.6. The molecule has 0 aromatic heterocycles. The predicted molar refractivity (Wildman–Crippen MR) is 76.2 cm³/mol. The molecule has 0 aliphatic carbocycles. The predicted octanol–water partition coefficient (Wildman–Crippen LogP) is -0.0181. The van der Waals surface area contributed by atoms with Gasteiger partial charge in [0.2, 0.25) is 17.7 Å². The fraction of sp³-hybridized carbons (Fsp3) is 0.800. The van der Waals surface area contributed by atoms with E-state index < -0.39 is 0 Å². The average Bonchev–Trinajstić information content (AvgIpc) is 3.10. The van der Waals surface area contributed by atoms with E-state index in [1.807, 2.05) is 18.7 Å². The van der Waals surface area contributed by atoms with Gasteiger partial charge >= 0.3 is 0 Å². The topological polar surface area (TPSA) is 69.7 Å². The van der Waals surface area contributed by atoms with Crippen LogP contribution >= 0.6 is 0 Å². The third-order valence-corrected chi connectivity index (χ3v) is 5.08. The minimum atomic E-state index is -0.208. The highest BCUT2D eigenvalue weighted by Gasteiger charge is 2.47. The molecule has 0 radical (unpaired) electrons. The first-order valence-corrected chi connectivity index (χ1v) is 7.75. The van der Waals surface area contributed by atoms with Crippen molar-refractivity contribution in [2.45, 2.75) is 39.2 Å². The molecule has 1 spiro atoms. The lowest BCUT2D eigenvalue weighted by atomic mass is 9.86. The van der Waals surface area contributed by atoms with Crippen molar-refractivity contribution in [3.05, 3.63) is 0 Å². The summed E-state index contributed by atoms with van der Waals surface area (Å²) in [5.41, 5.74) is -0.0624. The van der Waals surface area contributed by atoms with Crippen molar-refractivity contribution in [1.82, 2.24) is 15.1 Å². The molecule has 2 unspecified atom stereocenters. The second-order valence-corrected chi connectivity index (χ2v) is 7.00. The normalized spacial score (nSPS) is 32.6. The first kappa shape index (κ1) is 14.4. The monoisotopic (exact) mass is 293 g/mol. The third kappa shape index (κ3) is 2.51. The van der Waals surface area contributed by atoms with Gasteiger partial charge in [-0.25, -0.2) is 0 Å². The lowest BCUT2D eigenvalue weighted by molar-refractivity contribution is -0.135. The van der Waals surface area contributed by atoms with Crippen LogP contribution in [0.15, 0.2) is 0 Å². The van der Waals surface area contributed by atoms with Crippen molar-refractivity contribution in [2.75, 3.05) is 26.2 Å². The van der Waals surface area contributed by atoms with Crippen LogP contribution in [0.1, 0.15) is 33.1 Å². The van der Waals surface area contributed by atoms with Gasteiger partial charge in [0.25, 0.3) is 0 Å². The van der Waals surface area contributed by atoms with Crippen molar-refractivity contribution in [3.8, 4) is 0 Å². The molecule has 3 aliphatic rings. The highest BCUT2D eigenvalue weighted by molar-refractivity contribution is 5.89. The first-order valence-electron chi connectivity index (χ1n) is 7.75. The van der Waals surface area contributed by atoms with Crippen LogP contribution in [0.2, 0.25) is 0 Å². The lowest BCUT2D eigenvalue weighted by Gasteiger charge is -2.25. The van der Waals surface area contributed by atoms with Crippen LogP contribution in [-0.4, -0.2) is 59.7 Å². The number of likely N-dealkylation sites (tertiary alicyclic amines) is 2. The van der Waals surface area contributed by atoms with Gasteiger partial charge in [0.1, 0.15) is 0 Å². The molecule has 0 bridgehead atoms. The van der Waals surface area contributed by atoms with E-state index in [2.05, 4.69) is 5.32 Å². The molecule has 3 heterocycles. The quantitative estimate of drug-likeness (QED) is 0.778. The fourth-order valence-electron chi connectivity index (χ4n) is 3.82. The maximum atomic E-state index is 12.6. The van der Waals surface area contributed by atoms with Crippen LogP contribution in [-0.2, 0) is 14.4 Å². The fourth-order valence-corrected chi connectivity index (χ4v) is 3.82. The molecular formula is C15H23N3O3. The second kappa shape index (κ2) is 5.00. The third-order valence-electron chi connectivity index (χ3n) is 5.08. The largest absolute Gasteiger partial charge is 0.355 e. The van der Waals surface area contributed by atoms with Gasteiger partial charge in [0.15, 0.2) is 0 Å². The zero-order valence-electron chi connectivity index (χ0n) is 12.7. The number of rotatable bonds is 2. The molecule has 3 aliphatic heterocycles. The Hall–Kier alpha value is -1.59. The molecule has 3 rings (SSSR count). The Morgan fingerprint density at radius 3 is 2.71 bits per heavy atom. The standard InChI is InChI=1S/C15H23N3O3/c1-10(2)18-7-11(5-13(18)20)14(21)17-4-3-15(9-17)6-12(19)16-8-15/h10-11H,3-9H2,1-2H3,(H,16,19). The number of carbonyl (C=O) groups is 3. The molecule has 21 heavy (non-hydrogen) atoms. The molecule has 116 valence electrons. The van der Waals surface area contributed by atoms with Crippen molar-refractivity contribution in [2.24, 2.45) is 11.3 Å². The highest BCUT2D eigenvalue weighted by atomic mass is 16.2. The van der Waals surface area contributed by atoms with E-state index in [0.29, 0.717) is 39.0 Å². The van der Waals surface area contributed by atoms with Gasteiger partial charge in [0.05, 0.1) is 5.92 Å². The van der Waals surface area contributed by atoms with E-state index in [1.165, 1.54) is 0 Å². The summed E-state index contributed by atoms with van der Waals surface area (Å²) in [6.07, 6.45) is 1.74. The Labute approximate surface area is 124 Å². The molecule has 0 aromatic carbocycles. The lowest BCUT2D eigenvalue weighted by Crippen LogP contribution is -2.39. The molecule has 1 N–H and O–H groups in total. The van der Waals surface area contributed by atoms with Gasteiger partial charge in [-0.3, -0.25) is 14.4 Å². The Morgan fingerprint density at radius 2 is 2.14 bits per heavy atom. The van der Waals surface area contributed by atoms with Crippen molar-refractivity contribution >= 4 is 17.7 Å². The Morgan fingerprint density at radius 1 is 1.38 bits per heavy atom. The number of nitrogens with one attached hydrogen (secondary N) is 1. The minimum absolute atomic E-state index is 0.0624. The number of carbonyl (C=O) groups excluding carboxylic acids is 3. The Kier molecular flexibility index (Phi) is 3.42. The first-order chi connectivity index (χ1) is 9.90.